The Labute approximate surface area is 115 Å². The van der Waals surface area contributed by atoms with Gasteiger partial charge in [0.1, 0.15) is 0 Å². The highest BCUT2D eigenvalue weighted by molar-refractivity contribution is 9.10. The molecule has 0 radical (unpaired) electrons. The molecular formula is C12H17BrClNS. The van der Waals surface area contributed by atoms with Gasteiger partial charge >= 0.3 is 0 Å². The van der Waals surface area contributed by atoms with Crippen molar-refractivity contribution >= 4 is 39.3 Å². The quantitative estimate of drug-likeness (QED) is 0.850. The summed E-state index contributed by atoms with van der Waals surface area (Å²) in [6.45, 7) is 0. The van der Waals surface area contributed by atoms with Crippen LogP contribution in [0.4, 0.5) is 0 Å². The molecule has 0 spiro atoms. The van der Waals surface area contributed by atoms with E-state index in [-0.39, 0.29) is 0 Å². The van der Waals surface area contributed by atoms with E-state index in [1.54, 1.807) is 0 Å². The minimum absolute atomic E-state index is 0.506. The molecule has 0 aromatic heterocycles. The van der Waals surface area contributed by atoms with E-state index in [1.807, 2.05) is 30.9 Å². The first-order valence-corrected chi connectivity index (χ1v) is 7.84. The number of rotatable bonds is 6. The third-order valence-corrected chi connectivity index (χ3v) is 4.05. The van der Waals surface area contributed by atoms with Crippen molar-refractivity contribution in [3.63, 3.8) is 0 Å². The maximum Gasteiger partial charge on any atom is 0.0449 e. The van der Waals surface area contributed by atoms with Crippen LogP contribution in [0.2, 0.25) is 5.02 Å². The number of nitrogens with one attached hydrogen (secondary N) is 1. The minimum atomic E-state index is 0.506. The van der Waals surface area contributed by atoms with Crippen LogP contribution in [0.25, 0.3) is 0 Å². The van der Waals surface area contributed by atoms with Gasteiger partial charge in [-0.3, -0.25) is 0 Å². The van der Waals surface area contributed by atoms with E-state index in [2.05, 4.69) is 33.6 Å². The summed E-state index contributed by atoms with van der Waals surface area (Å²) in [7, 11) is 2.01. The second-order valence-corrected chi connectivity index (χ2v) is 6.02. The Morgan fingerprint density at radius 2 is 2.25 bits per heavy atom. The first kappa shape index (κ1) is 14.4. The fourth-order valence-electron chi connectivity index (χ4n) is 1.56. The maximum absolute atomic E-state index is 6.20. The second kappa shape index (κ2) is 7.59. The largest absolute Gasteiger partial charge is 0.317 e. The molecule has 0 saturated heterocycles. The molecule has 16 heavy (non-hydrogen) atoms. The zero-order chi connectivity index (χ0) is 12.0. The molecule has 1 aromatic carbocycles. The zero-order valence-electron chi connectivity index (χ0n) is 9.59. The van der Waals surface area contributed by atoms with Gasteiger partial charge in [0.25, 0.3) is 0 Å². The first-order valence-electron chi connectivity index (χ1n) is 5.27. The third kappa shape index (κ3) is 4.66. The van der Waals surface area contributed by atoms with Gasteiger partial charge in [-0.05, 0) is 49.6 Å². The summed E-state index contributed by atoms with van der Waals surface area (Å²) < 4.78 is 1.03. The van der Waals surface area contributed by atoms with Crippen molar-refractivity contribution in [2.45, 2.75) is 18.9 Å². The highest BCUT2D eigenvalue weighted by atomic mass is 79.9. The summed E-state index contributed by atoms with van der Waals surface area (Å²) >= 11 is 11.5. The van der Waals surface area contributed by atoms with Gasteiger partial charge in [-0.25, -0.2) is 0 Å². The average Bonchev–Trinajstić information content (AvgIpc) is 2.27. The molecule has 0 fully saturated rings. The van der Waals surface area contributed by atoms with E-state index in [4.69, 9.17) is 11.6 Å². The van der Waals surface area contributed by atoms with E-state index in [0.29, 0.717) is 6.04 Å². The van der Waals surface area contributed by atoms with Crippen molar-refractivity contribution in [3.05, 3.63) is 33.3 Å². The Hall–Kier alpha value is 0.300. The number of halogens is 2. The van der Waals surface area contributed by atoms with Crippen LogP contribution in [0, 0.1) is 0 Å². The van der Waals surface area contributed by atoms with Gasteiger partial charge in [0.05, 0.1) is 0 Å². The second-order valence-electron chi connectivity index (χ2n) is 3.71. The Morgan fingerprint density at radius 1 is 1.50 bits per heavy atom. The highest BCUT2D eigenvalue weighted by Gasteiger charge is 2.09. The lowest BCUT2D eigenvalue weighted by Gasteiger charge is -2.16. The zero-order valence-corrected chi connectivity index (χ0v) is 12.8. The smallest absolute Gasteiger partial charge is 0.0449 e. The summed E-state index contributed by atoms with van der Waals surface area (Å²) in [6, 6.07) is 6.60. The van der Waals surface area contributed by atoms with Crippen molar-refractivity contribution in [3.8, 4) is 0 Å². The fourth-order valence-corrected chi connectivity index (χ4v) is 2.83. The number of hydrogen-bond donors (Lipinski definition) is 1. The summed E-state index contributed by atoms with van der Waals surface area (Å²) in [5, 5.41) is 4.19. The lowest BCUT2D eigenvalue weighted by atomic mass is 10.0. The fraction of sp³-hybridized carbons (Fsp3) is 0.500. The molecule has 1 atom stereocenters. The predicted octanol–water partition coefficient (Wildman–Crippen LogP) is 3.99. The molecule has 1 aromatic rings. The molecule has 0 saturated carbocycles. The third-order valence-electron chi connectivity index (χ3n) is 2.56. The summed E-state index contributed by atoms with van der Waals surface area (Å²) in [5.41, 5.74) is 1.21. The average molecular weight is 323 g/mol. The van der Waals surface area contributed by atoms with Crippen LogP contribution in [-0.2, 0) is 6.42 Å². The van der Waals surface area contributed by atoms with E-state index in [9.17, 15) is 0 Å². The molecule has 1 unspecified atom stereocenters. The van der Waals surface area contributed by atoms with Crippen LogP contribution in [0.1, 0.15) is 12.0 Å². The molecule has 1 rings (SSSR count). The van der Waals surface area contributed by atoms with Crippen molar-refractivity contribution in [2.75, 3.05) is 19.1 Å². The first-order chi connectivity index (χ1) is 7.67. The van der Waals surface area contributed by atoms with E-state index >= 15 is 0 Å². The summed E-state index contributed by atoms with van der Waals surface area (Å²) in [5.74, 6) is 1.18. The predicted molar refractivity (Wildman–Crippen MR) is 78.7 cm³/mol. The van der Waals surface area contributed by atoms with E-state index in [0.717, 1.165) is 15.9 Å². The molecule has 4 heteroatoms. The van der Waals surface area contributed by atoms with Crippen molar-refractivity contribution in [2.24, 2.45) is 0 Å². The number of hydrogen-bond acceptors (Lipinski definition) is 2. The number of benzene rings is 1. The van der Waals surface area contributed by atoms with Crippen molar-refractivity contribution < 1.29 is 0 Å². The van der Waals surface area contributed by atoms with Gasteiger partial charge < -0.3 is 5.32 Å². The standard InChI is InChI=1S/C12H17BrClNS/c1-15-11(5-6-16-2)7-9-3-4-10(13)8-12(9)14/h3-4,8,11,15H,5-7H2,1-2H3. The van der Waals surface area contributed by atoms with Gasteiger partial charge in [0.2, 0.25) is 0 Å². The molecule has 1 N–H and O–H groups in total. The lowest BCUT2D eigenvalue weighted by Crippen LogP contribution is -2.28. The molecule has 90 valence electrons. The lowest BCUT2D eigenvalue weighted by molar-refractivity contribution is 0.547. The van der Waals surface area contributed by atoms with Crippen LogP contribution >= 0.6 is 39.3 Å². The molecule has 1 nitrogen and oxygen atoms in total. The van der Waals surface area contributed by atoms with Crippen LogP contribution < -0.4 is 5.32 Å². The number of likely N-dealkylation sites (N-methyl/N-ethyl adjacent to an activating group) is 1. The number of thioether (sulfide) groups is 1. The SMILES string of the molecule is CNC(CCSC)Cc1ccc(Br)cc1Cl. The van der Waals surface area contributed by atoms with E-state index in [1.165, 1.54) is 17.7 Å². The normalized spacial score (nSPS) is 12.8. The molecule has 0 aliphatic carbocycles. The van der Waals surface area contributed by atoms with Gasteiger partial charge in [-0.15, -0.1) is 0 Å². The minimum Gasteiger partial charge on any atom is -0.317 e. The Kier molecular flexibility index (Phi) is 6.81. The van der Waals surface area contributed by atoms with Crippen LogP contribution in [0.15, 0.2) is 22.7 Å². The Balaban J connectivity index is 2.62. The van der Waals surface area contributed by atoms with Gasteiger partial charge in [0.15, 0.2) is 0 Å². The Morgan fingerprint density at radius 3 is 2.81 bits per heavy atom. The van der Waals surface area contributed by atoms with E-state index < -0.39 is 0 Å². The molecule has 0 amide bonds. The maximum atomic E-state index is 6.20. The molecule has 0 aliphatic heterocycles. The summed E-state index contributed by atoms with van der Waals surface area (Å²) in [4.78, 5) is 0. The van der Waals surface area contributed by atoms with Gasteiger partial charge in [-0.1, -0.05) is 33.6 Å². The monoisotopic (exact) mass is 321 g/mol. The molecule has 0 aliphatic rings. The van der Waals surface area contributed by atoms with Crippen molar-refractivity contribution in [1.29, 1.82) is 0 Å². The molecule has 0 bridgehead atoms. The highest BCUT2D eigenvalue weighted by Crippen LogP contribution is 2.23. The van der Waals surface area contributed by atoms with Crippen LogP contribution in [0.3, 0.4) is 0 Å². The van der Waals surface area contributed by atoms with Gasteiger partial charge in [0, 0.05) is 15.5 Å². The summed E-state index contributed by atoms with van der Waals surface area (Å²) in [6.07, 6.45) is 4.30. The van der Waals surface area contributed by atoms with Crippen molar-refractivity contribution in [1.82, 2.24) is 5.32 Å². The van der Waals surface area contributed by atoms with Crippen LogP contribution in [-0.4, -0.2) is 25.1 Å². The molecular weight excluding hydrogens is 306 g/mol. The van der Waals surface area contributed by atoms with Crippen LogP contribution in [0.5, 0.6) is 0 Å². The van der Waals surface area contributed by atoms with Gasteiger partial charge in [-0.2, -0.15) is 11.8 Å². The topological polar surface area (TPSA) is 12.0 Å². The Bertz CT molecular complexity index is 333. The molecule has 0 heterocycles.